The molecule has 0 aliphatic heterocycles. The minimum Gasteiger partial charge on any atom is -0.491 e. The molecule has 0 radical (unpaired) electrons. The number of aryl methyl sites for hydroxylation is 1. The molecule has 5 aromatic rings. The molecule has 3 heterocycles. The summed E-state index contributed by atoms with van der Waals surface area (Å²) in [5.74, 6) is -1.44. The van der Waals surface area contributed by atoms with E-state index in [1.54, 1.807) is 6.07 Å². The lowest BCUT2D eigenvalue weighted by Crippen LogP contribution is -2.25. The molecule has 45 heavy (non-hydrogen) atoms. The smallest absolute Gasteiger partial charge is 0.257 e. The van der Waals surface area contributed by atoms with E-state index in [-0.39, 0.29) is 50.9 Å². The maximum atomic E-state index is 15.3. The molecular weight excluding hydrogens is 594 g/mol. The van der Waals surface area contributed by atoms with Crippen LogP contribution in [0.25, 0.3) is 22.2 Å². The van der Waals surface area contributed by atoms with Gasteiger partial charge in [0.15, 0.2) is 34.3 Å². The molecule has 0 unspecified atom stereocenters. The second-order valence-corrected chi connectivity index (χ2v) is 10.2. The standard InChI is InChI=1S/C33H27F4N3O5/c1-17-11-20(6-7-22(17)34)21-15-40(16-29(36)37)18(2)30(32(21)42)25(41)13-19-5-8-26(23(35)12-19)45-27-9-10-38-24-14-28(43-3)33(44-4)39-31(24)27/h5-12,14-15,29H,13,16H2,1-4H3. The largest absolute Gasteiger partial charge is 0.491 e. The van der Waals surface area contributed by atoms with Gasteiger partial charge in [-0.15, -0.1) is 0 Å². The summed E-state index contributed by atoms with van der Waals surface area (Å²) in [6.07, 6.45) is -0.470. The monoisotopic (exact) mass is 621 g/mol. The number of hydrogen-bond donors (Lipinski definition) is 0. The molecule has 0 bridgehead atoms. The zero-order chi connectivity index (χ0) is 32.4. The number of methoxy groups -OCH3 is 2. The number of fused-ring (bicyclic) bond motifs is 1. The Bertz CT molecular complexity index is 1990. The number of ketones is 1. The van der Waals surface area contributed by atoms with Gasteiger partial charge >= 0.3 is 0 Å². The zero-order valence-electron chi connectivity index (χ0n) is 24.7. The molecule has 0 aliphatic carbocycles. The summed E-state index contributed by atoms with van der Waals surface area (Å²) in [7, 11) is 2.87. The highest BCUT2D eigenvalue weighted by Gasteiger charge is 2.23. The van der Waals surface area contributed by atoms with Crippen molar-refractivity contribution in [2.75, 3.05) is 14.2 Å². The maximum Gasteiger partial charge on any atom is 0.257 e. The van der Waals surface area contributed by atoms with Crippen LogP contribution < -0.4 is 19.6 Å². The van der Waals surface area contributed by atoms with Crippen LogP contribution in [-0.4, -0.2) is 41.0 Å². The Labute approximate surface area is 254 Å². The van der Waals surface area contributed by atoms with E-state index < -0.39 is 42.2 Å². The molecule has 0 N–H and O–H groups in total. The quantitative estimate of drug-likeness (QED) is 0.124. The highest BCUT2D eigenvalue weighted by Crippen LogP contribution is 2.35. The molecule has 3 aromatic heterocycles. The second-order valence-electron chi connectivity index (χ2n) is 10.2. The number of carbonyl (C=O) groups excluding carboxylic acids is 1. The number of halogens is 4. The van der Waals surface area contributed by atoms with Gasteiger partial charge < -0.3 is 18.8 Å². The third-order valence-electron chi connectivity index (χ3n) is 7.23. The number of ether oxygens (including phenoxy) is 3. The number of carbonyl (C=O) groups is 1. The van der Waals surface area contributed by atoms with Crippen LogP contribution in [0.2, 0.25) is 0 Å². The van der Waals surface area contributed by atoms with Gasteiger partial charge in [-0.3, -0.25) is 14.6 Å². The molecule has 5 rings (SSSR count). The fourth-order valence-corrected chi connectivity index (χ4v) is 4.95. The van der Waals surface area contributed by atoms with E-state index in [1.807, 2.05) is 0 Å². The summed E-state index contributed by atoms with van der Waals surface area (Å²) in [5, 5.41) is 0. The van der Waals surface area contributed by atoms with E-state index in [1.165, 1.54) is 70.8 Å². The van der Waals surface area contributed by atoms with Crippen molar-refractivity contribution in [1.29, 1.82) is 0 Å². The van der Waals surface area contributed by atoms with Gasteiger partial charge in [-0.1, -0.05) is 12.1 Å². The summed E-state index contributed by atoms with van der Waals surface area (Å²) in [5.41, 5.74) is 0.446. The number of benzene rings is 2. The Morgan fingerprint density at radius 2 is 1.71 bits per heavy atom. The van der Waals surface area contributed by atoms with Gasteiger partial charge in [0.1, 0.15) is 11.3 Å². The molecule has 2 aromatic carbocycles. The van der Waals surface area contributed by atoms with Crippen LogP contribution in [0.15, 0.2) is 65.7 Å². The Kier molecular flexibility index (Phi) is 8.84. The topological polar surface area (TPSA) is 92.5 Å². The molecule has 0 amide bonds. The molecule has 232 valence electrons. The highest BCUT2D eigenvalue weighted by molar-refractivity contribution is 5.99. The van der Waals surface area contributed by atoms with Gasteiger partial charge in [-0.05, 0) is 54.8 Å². The van der Waals surface area contributed by atoms with Gasteiger partial charge in [-0.2, -0.15) is 0 Å². The highest BCUT2D eigenvalue weighted by atomic mass is 19.3. The van der Waals surface area contributed by atoms with E-state index in [4.69, 9.17) is 14.2 Å². The average molecular weight is 622 g/mol. The number of Topliss-reactive ketones (excluding diaryl/α,β-unsaturated/α-hetero) is 1. The Morgan fingerprint density at radius 1 is 0.933 bits per heavy atom. The summed E-state index contributed by atoms with van der Waals surface area (Å²) in [6.45, 7) is 2.13. The summed E-state index contributed by atoms with van der Waals surface area (Å²) in [6, 6.07) is 10.9. The van der Waals surface area contributed by atoms with Crippen molar-refractivity contribution in [1.82, 2.24) is 14.5 Å². The van der Waals surface area contributed by atoms with Crippen LogP contribution in [0.4, 0.5) is 17.6 Å². The summed E-state index contributed by atoms with van der Waals surface area (Å²) in [4.78, 5) is 35.6. The van der Waals surface area contributed by atoms with Gasteiger partial charge in [0.2, 0.25) is 0 Å². The minimum atomic E-state index is -2.77. The first-order valence-corrected chi connectivity index (χ1v) is 13.7. The predicted octanol–water partition coefficient (Wildman–Crippen LogP) is 6.85. The lowest BCUT2D eigenvalue weighted by molar-refractivity contribution is 0.0986. The number of alkyl halides is 2. The van der Waals surface area contributed by atoms with Crippen molar-refractivity contribution in [2.24, 2.45) is 0 Å². The van der Waals surface area contributed by atoms with E-state index in [2.05, 4.69) is 9.97 Å². The Hall–Kier alpha value is -5.26. The van der Waals surface area contributed by atoms with Gasteiger partial charge in [-0.25, -0.2) is 22.5 Å². The fourth-order valence-electron chi connectivity index (χ4n) is 4.95. The SMILES string of the molecule is COc1cc2nccc(Oc3ccc(CC(=O)c4c(C)n(CC(F)F)cc(-c5ccc(F)c(C)c5)c4=O)cc3F)c2nc1OC. The average Bonchev–Trinajstić information content (AvgIpc) is 3.00. The number of hydrogen-bond acceptors (Lipinski definition) is 7. The third-order valence-corrected chi connectivity index (χ3v) is 7.23. The van der Waals surface area contributed by atoms with Crippen LogP contribution in [0.3, 0.4) is 0 Å². The molecule has 0 spiro atoms. The normalized spacial score (nSPS) is 11.2. The van der Waals surface area contributed by atoms with Crippen LogP contribution >= 0.6 is 0 Å². The van der Waals surface area contributed by atoms with Crippen molar-refractivity contribution in [3.8, 4) is 34.3 Å². The molecule has 0 saturated carbocycles. The molecule has 8 nitrogen and oxygen atoms in total. The minimum absolute atomic E-state index is 0.0323. The Morgan fingerprint density at radius 3 is 2.38 bits per heavy atom. The van der Waals surface area contributed by atoms with Crippen molar-refractivity contribution < 1.29 is 36.6 Å². The molecule has 0 atom stereocenters. The van der Waals surface area contributed by atoms with E-state index in [9.17, 15) is 22.8 Å². The lowest BCUT2D eigenvalue weighted by atomic mass is 9.96. The van der Waals surface area contributed by atoms with Gasteiger partial charge in [0, 0.05) is 42.2 Å². The van der Waals surface area contributed by atoms with Crippen molar-refractivity contribution in [2.45, 2.75) is 33.2 Å². The lowest BCUT2D eigenvalue weighted by Gasteiger charge is -2.17. The summed E-state index contributed by atoms with van der Waals surface area (Å²) < 4.78 is 73.5. The summed E-state index contributed by atoms with van der Waals surface area (Å²) >= 11 is 0. The van der Waals surface area contributed by atoms with Crippen molar-refractivity contribution in [3.05, 3.63) is 105 Å². The zero-order valence-corrected chi connectivity index (χ0v) is 24.7. The van der Waals surface area contributed by atoms with E-state index in [0.29, 0.717) is 16.8 Å². The first-order valence-electron chi connectivity index (χ1n) is 13.7. The first-order chi connectivity index (χ1) is 21.5. The number of pyridine rings is 3. The number of rotatable bonds is 10. The van der Waals surface area contributed by atoms with Gasteiger partial charge in [0.05, 0.1) is 31.8 Å². The van der Waals surface area contributed by atoms with Crippen molar-refractivity contribution >= 4 is 16.8 Å². The predicted molar refractivity (Wildman–Crippen MR) is 159 cm³/mol. The van der Waals surface area contributed by atoms with Crippen LogP contribution in [0, 0.1) is 25.5 Å². The van der Waals surface area contributed by atoms with Crippen molar-refractivity contribution in [3.63, 3.8) is 0 Å². The maximum absolute atomic E-state index is 15.3. The first kappa shape index (κ1) is 31.2. The molecule has 0 saturated heterocycles. The molecular formula is C33H27F4N3O5. The van der Waals surface area contributed by atoms with Gasteiger partial charge in [0.25, 0.3) is 12.3 Å². The number of aromatic nitrogens is 3. The number of nitrogens with zero attached hydrogens (tertiary/aromatic N) is 3. The van der Waals surface area contributed by atoms with E-state index in [0.717, 1.165) is 16.7 Å². The van der Waals surface area contributed by atoms with Crippen LogP contribution in [0.1, 0.15) is 27.2 Å². The molecule has 0 fully saturated rings. The molecule has 0 aliphatic rings. The fraction of sp³-hybridized carbons (Fsp3) is 0.212. The second kappa shape index (κ2) is 12.8. The Balaban J connectivity index is 1.47. The third kappa shape index (κ3) is 6.35. The van der Waals surface area contributed by atoms with Crippen LogP contribution in [0.5, 0.6) is 23.1 Å². The molecule has 12 heteroatoms. The van der Waals surface area contributed by atoms with Crippen LogP contribution in [-0.2, 0) is 13.0 Å². The van der Waals surface area contributed by atoms with E-state index >= 15 is 4.39 Å².